The van der Waals surface area contributed by atoms with E-state index in [1.54, 1.807) is 13.2 Å². The Hall–Kier alpha value is -1.71. The van der Waals surface area contributed by atoms with Crippen molar-refractivity contribution in [2.24, 2.45) is 0 Å². The van der Waals surface area contributed by atoms with Crippen LogP contribution in [0.2, 0.25) is 5.02 Å². The van der Waals surface area contributed by atoms with Crippen molar-refractivity contribution in [2.45, 2.75) is 52.3 Å². The third-order valence-corrected chi connectivity index (χ3v) is 4.24. The van der Waals surface area contributed by atoms with Gasteiger partial charge in [-0.3, -0.25) is 0 Å². The molecule has 0 unspecified atom stereocenters. The SMILES string of the molecule is COc1cc(Cl)cc(CN[C@H](C)CCc2ccccc2)c1OC(C)C. The number of methoxy groups -OCH3 is 1. The normalized spacial score (nSPS) is 12.2. The van der Waals surface area contributed by atoms with E-state index >= 15 is 0 Å². The molecule has 0 spiro atoms. The van der Waals surface area contributed by atoms with Gasteiger partial charge in [0.05, 0.1) is 13.2 Å². The Balaban J connectivity index is 1.99. The minimum absolute atomic E-state index is 0.0735. The van der Waals surface area contributed by atoms with Crippen LogP contribution >= 0.6 is 11.6 Å². The number of hydrogen-bond acceptors (Lipinski definition) is 3. The van der Waals surface area contributed by atoms with Gasteiger partial charge in [-0.2, -0.15) is 0 Å². The molecule has 0 saturated carbocycles. The number of benzene rings is 2. The molecule has 25 heavy (non-hydrogen) atoms. The highest BCUT2D eigenvalue weighted by Gasteiger charge is 2.15. The maximum atomic E-state index is 6.23. The average molecular weight is 362 g/mol. The molecule has 0 aliphatic rings. The second kappa shape index (κ2) is 9.69. The van der Waals surface area contributed by atoms with Gasteiger partial charge >= 0.3 is 0 Å². The Labute approximate surface area is 156 Å². The summed E-state index contributed by atoms with van der Waals surface area (Å²) in [6.07, 6.45) is 2.20. The van der Waals surface area contributed by atoms with E-state index in [2.05, 4.69) is 36.5 Å². The van der Waals surface area contributed by atoms with E-state index in [9.17, 15) is 0 Å². The summed E-state index contributed by atoms with van der Waals surface area (Å²) < 4.78 is 11.4. The zero-order valence-corrected chi connectivity index (χ0v) is 16.3. The Kier molecular flexibility index (Phi) is 7.60. The number of hydrogen-bond donors (Lipinski definition) is 1. The molecule has 4 heteroatoms. The van der Waals surface area contributed by atoms with Gasteiger partial charge in [-0.15, -0.1) is 0 Å². The quantitative estimate of drug-likeness (QED) is 0.662. The molecule has 0 aliphatic heterocycles. The van der Waals surface area contributed by atoms with Crippen molar-refractivity contribution in [3.63, 3.8) is 0 Å². The first-order valence-corrected chi connectivity index (χ1v) is 9.17. The van der Waals surface area contributed by atoms with Crippen LogP contribution < -0.4 is 14.8 Å². The maximum absolute atomic E-state index is 6.23. The van der Waals surface area contributed by atoms with Crippen molar-refractivity contribution < 1.29 is 9.47 Å². The van der Waals surface area contributed by atoms with Crippen LogP contribution in [0.1, 0.15) is 38.3 Å². The van der Waals surface area contributed by atoms with Gasteiger partial charge in [0.25, 0.3) is 0 Å². The first kappa shape index (κ1) is 19.6. The third kappa shape index (κ3) is 6.26. The van der Waals surface area contributed by atoms with Crippen molar-refractivity contribution in [2.75, 3.05) is 7.11 Å². The Morgan fingerprint density at radius 2 is 1.80 bits per heavy atom. The van der Waals surface area contributed by atoms with E-state index < -0.39 is 0 Å². The lowest BCUT2D eigenvalue weighted by Gasteiger charge is -2.20. The van der Waals surface area contributed by atoms with Gasteiger partial charge in [-0.25, -0.2) is 0 Å². The van der Waals surface area contributed by atoms with Crippen LogP contribution in [-0.4, -0.2) is 19.3 Å². The number of rotatable bonds is 9. The fourth-order valence-corrected chi connectivity index (χ4v) is 2.92. The van der Waals surface area contributed by atoms with Crippen LogP contribution in [0.5, 0.6) is 11.5 Å². The highest BCUT2D eigenvalue weighted by Crippen LogP contribution is 2.35. The van der Waals surface area contributed by atoms with E-state index in [0.717, 1.165) is 24.2 Å². The van der Waals surface area contributed by atoms with E-state index in [1.807, 2.05) is 26.0 Å². The second-order valence-corrected chi connectivity index (χ2v) is 7.01. The Bertz CT molecular complexity index is 658. The van der Waals surface area contributed by atoms with Gasteiger partial charge in [0.15, 0.2) is 11.5 Å². The molecule has 3 nitrogen and oxygen atoms in total. The monoisotopic (exact) mass is 361 g/mol. The molecule has 2 aromatic carbocycles. The molecule has 0 fully saturated rings. The molecule has 0 aromatic heterocycles. The lowest BCUT2D eigenvalue weighted by atomic mass is 10.1. The first-order valence-electron chi connectivity index (χ1n) is 8.80. The number of ether oxygens (including phenoxy) is 2. The standard InChI is InChI=1S/C21H28ClNO2/c1-15(2)25-21-18(12-19(22)13-20(21)24-4)14-23-16(3)10-11-17-8-6-5-7-9-17/h5-9,12-13,15-16,23H,10-11,14H2,1-4H3/t16-/m1/s1. The van der Waals surface area contributed by atoms with Crippen molar-refractivity contribution in [3.8, 4) is 11.5 Å². The van der Waals surface area contributed by atoms with E-state index in [1.165, 1.54) is 5.56 Å². The zero-order chi connectivity index (χ0) is 18.2. The molecule has 0 amide bonds. The van der Waals surface area contributed by atoms with Crippen molar-refractivity contribution >= 4 is 11.6 Å². The summed E-state index contributed by atoms with van der Waals surface area (Å²) in [5.74, 6) is 1.44. The predicted molar refractivity (Wildman–Crippen MR) is 105 cm³/mol. The van der Waals surface area contributed by atoms with Gasteiger partial charge < -0.3 is 14.8 Å². The highest BCUT2D eigenvalue weighted by atomic mass is 35.5. The predicted octanol–water partition coefficient (Wildman–Crippen LogP) is 5.25. The van der Waals surface area contributed by atoms with Gasteiger partial charge in [-0.1, -0.05) is 41.9 Å². The largest absolute Gasteiger partial charge is 0.493 e. The van der Waals surface area contributed by atoms with Crippen LogP contribution in [0.4, 0.5) is 0 Å². The summed E-state index contributed by atoms with van der Waals surface area (Å²) >= 11 is 6.23. The lowest BCUT2D eigenvalue weighted by Crippen LogP contribution is -2.26. The summed E-state index contributed by atoms with van der Waals surface area (Å²) in [4.78, 5) is 0. The Morgan fingerprint density at radius 1 is 1.08 bits per heavy atom. The fraction of sp³-hybridized carbons (Fsp3) is 0.429. The maximum Gasteiger partial charge on any atom is 0.166 e. The summed E-state index contributed by atoms with van der Waals surface area (Å²) in [5.41, 5.74) is 2.38. The summed E-state index contributed by atoms with van der Waals surface area (Å²) in [5, 5.41) is 4.22. The van der Waals surface area contributed by atoms with E-state index in [4.69, 9.17) is 21.1 Å². The first-order chi connectivity index (χ1) is 12.0. The van der Waals surface area contributed by atoms with Crippen LogP contribution in [0.3, 0.4) is 0 Å². The molecule has 2 aromatic rings. The molecule has 1 atom stereocenters. The van der Waals surface area contributed by atoms with Crippen LogP contribution in [0, 0.1) is 0 Å². The van der Waals surface area contributed by atoms with Crippen molar-refractivity contribution in [1.29, 1.82) is 0 Å². The molecule has 136 valence electrons. The molecule has 0 bridgehead atoms. The van der Waals surface area contributed by atoms with Crippen molar-refractivity contribution in [1.82, 2.24) is 5.32 Å². The number of aryl methyl sites for hydroxylation is 1. The molecular formula is C21H28ClNO2. The van der Waals surface area contributed by atoms with E-state index in [-0.39, 0.29) is 6.10 Å². The molecule has 0 heterocycles. The Morgan fingerprint density at radius 3 is 2.44 bits per heavy atom. The topological polar surface area (TPSA) is 30.5 Å². The number of halogens is 1. The van der Waals surface area contributed by atoms with Gasteiger partial charge in [-0.05, 0) is 45.2 Å². The van der Waals surface area contributed by atoms with Crippen LogP contribution in [0.25, 0.3) is 0 Å². The molecular weight excluding hydrogens is 334 g/mol. The summed E-state index contributed by atoms with van der Waals surface area (Å²) in [6.45, 7) is 6.91. The molecule has 1 N–H and O–H groups in total. The lowest BCUT2D eigenvalue weighted by molar-refractivity contribution is 0.227. The molecule has 0 radical (unpaired) electrons. The van der Waals surface area contributed by atoms with Gasteiger partial charge in [0, 0.05) is 29.2 Å². The second-order valence-electron chi connectivity index (χ2n) is 6.57. The fourth-order valence-electron chi connectivity index (χ4n) is 2.69. The molecule has 0 aliphatic carbocycles. The van der Waals surface area contributed by atoms with E-state index in [0.29, 0.717) is 23.4 Å². The smallest absolute Gasteiger partial charge is 0.166 e. The zero-order valence-electron chi connectivity index (χ0n) is 15.5. The summed E-state index contributed by atoms with van der Waals surface area (Å²) in [6, 6.07) is 14.7. The number of nitrogens with one attached hydrogen (secondary N) is 1. The molecule has 2 rings (SSSR count). The minimum atomic E-state index is 0.0735. The third-order valence-electron chi connectivity index (χ3n) is 4.02. The van der Waals surface area contributed by atoms with Crippen LogP contribution in [-0.2, 0) is 13.0 Å². The molecule has 0 saturated heterocycles. The van der Waals surface area contributed by atoms with Crippen molar-refractivity contribution in [3.05, 3.63) is 58.6 Å². The average Bonchev–Trinajstić information content (AvgIpc) is 2.60. The summed E-state index contributed by atoms with van der Waals surface area (Å²) in [7, 11) is 1.64. The van der Waals surface area contributed by atoms with Gasteiger partial charge in [0.2, 0.25) is 0 Å². The van der Waals surface area contributed by atoms with Crippen LogP contribution in [0.15, 0.2) is 42.5 Å². The minimum Gasteiger partial charge on any atom is -0.493 e. The van der Waals surface area contributed by atoms with Gasteiger partial charge in [0.1, 0.15) is 0 Å². The highest BCUT2D eigenvalue weighted by molar-refractivity contribution is 6.30.